The Kier molecular flexibility index (Phi) is 4.61. The fraction of sp³-hybridized carbons (Fsp3) is 0.538. The number of carbonyl (C=O) groups is 2. The van der Waals surface area contributed by atoms with Gasteiger partial charge in [-0.1, -0.05) is 6.92 Å². The molecule has 0 aliphatic carbocycles. The van der Waals surface area contributed by atoms with Gasteiger partial charge in [-0.2, -0.15) is 0 Å². The molecule has 0 bridgehead atoms. The normalized spacial score (nSPS) is 17.4. The Hall–Kier alpha value is -1.60. The molecule has 0 radical (unpaired) electrons. The van der Waals surface area contributed by atoms with Gasteiger partial charge in [0.2, 0.25) is 0 Å². The molecule has 0 spiro atoms. The number of thiophene rings is 1. The van der Waals surface area contributed by atoms with Crippen LogP contribution >= 0.6 is 11.3 Å². The smallest absolute Gasteiger partial charge is 0.338 e. The van der Waals surface area contributed by atoms with E-state index in [1.165, 1.54) is 17.4 Å². The number of carbonyl (C=O) groups excluding carboxylic acids is 1. The lowest BCUT2D eigenvalue weighted by Gasteiger charge is -2.33. The molecule has 1 aromatic heterocycles. The number of rotatable bonds is 4. The minimum atomic E-state index is -1.04. The molecule has 2 rings (SSSR count). The lowest BCUT2D eigenvalue weighted by molar-refractivity contribution is 0.0254. The molecular formula is C13H18N2O4S. The van der Waals surface area contributed by atoms with Crippen molar-refractivity contribution in [2.75, 3.05) is 25.1 Å². The van der Waals surface area contributed by atoms with Crippen molar-refractivity contribution < 1.29 is 19.4 Å². The van der Waals surface area contributed by atoms with E-state index in [2.05, 4.69) is 17.6 Å². The van der Waals surface area contributed by atoms with E-state index in [0.29, 0.717) is 24.8 Å². The van der Waals surface area contributed by atoms with Gasteiger partial charge in [0.15, 0.2) is 0 Å². The fourth-order valence-corrected chi connectivity index (χ4v) is 2.83. The summed E-state index contributed by atoms with van der Waals surface area (Å²) in [6, 6.07) is 1.10. The molecule has 1 aromatic rings. The van der Waals surface area contributed by atoms with Crippen LogP contribution in [0.3, 0.4) is 0 Å². The molecule has 0 unspecified atom stereocenters. The number of aromatic carboxylic acids is 1. The number of hydrogen-bond donors (Lipinski definition) is 3. The number of carboxylic acid groups (broad SMARTS) is 1. The first kappa shape index (κ1) is 14.8. The molecule has 6 nitrogen and oxygen atoms in total. The Morgan fingerprint density at radius 1 is 1.45 bits per heavy atom. The van der Waals surface area contributed by atoms with Crippen LogP contribution in [0.5, 0.6) is 0 Å². The maximum Gasteiger partial charge on any atom is 0.338 e. The van der Waals surface area contributed by atoms with Crippen molar-refractivity contribution in [2.24, 2.45) is 5.41 Å². The third-order valence-electron chi connectivity index (χ3n) is 3.50. The van der Waals surface area contributed by atoms with Crippen molar-refractivity contribution in [3.05, 3.63) is 17.0 Å². The van der Waals surface area contributed by atoms with Gasteiger partial charge in [0.05, 0.1) is 5.56 Å². The van der Waals surface area contributed by atoms with Crippen LogP contribution in [-0.4, -0.2) is 36.9 Å². The van der Waals surface area contributed by atoms with Crippen LogP contribution in [0.25, 0.3) is 0 Å². The van der Waals surface area contributed by atoms with E-state index in [4.69, 9.17) is 9.84 Å². The largest absolute Gasteiger partial charge is 0.478 e. The summed E-state index contributed by atoms with van der Waals surface area (Å²) in [7, 11) is 0. The second kappa shape index (κ2) is 6.23. The number of carboxylic acids is 1. The van der Waals surface area contributed by atoms with E-state index in [-0.39, 0.29) is 17.0 Å². The molecular weight excluding hydrogens is 280 g/mol. The van der Waals surface area contributed by atoms with E-state index in [0.717, 1.165) is 12.8 Å². The molecule has 20 heavy (non-hydrogen) atoms. The molecule has 0 atom stereocenters. The van der Waals surface area contributed by atoms with Crippen molar-refractivity contribution in [3.8, 4) is 0 Å². The molecule has 110 valence electrons. The highest BCUT2D eigenvalue weighted by Crippen LogP contribution is 2.28. The van der Waals surface area contributed by atoms with Crippen molar-refractivity contribution in [3.63, 3.8) is 0 Å². The Labute approximate surface area is 121 Å². The lowest BCUT2D eigenvalue weighted by Crippen LogP contribution is -2.41. The molecule has 0 saturated carbocycles. The maximum atomic E-state index is 11.8. The van der Waals surface area contributed by atoms with Gasteiger partial charge < -0.3 is 15.2 Å². The molecule has 1 saturated heterocycles. The molecule has 2 amide bonds. The summed E-state index contributed by atoms with van der Waals surface area (Å²) < 4.78 is 5.31. The van der Waals surface area contributed by atoms with Crippen LogP contribution in [0.15, 0.2) is 11.4 Å². The van der Waals surface area contributed by atoms with Gasteiger partial charge in [0.1, 0.15) is 5.00 Å². The van der Waals surface area contributed by atoms with Gasteiger partial charge in [0.25, 0.3) is 0 Å². The van der Waals surface area contributed by atoms with Crippen LogP contribution < -0.4 is 10.6 Å². The Balaban J connectivity index is 1.86. The standard InChI is InChI=1S/C13H18N2O4S/c1-13(3-5-19-6-4-13)8-14-12(18)15-10-9(11(16)17)2-7-20-10/h2,7H,3-6,8H2,1H3,(H,16,17)(H2,14,15,18). The highest BCUT2D eigenvalue weighted by atomic mass is 32.1. The fourth-order valence-electron chi connectivity index (χ4n) is 2.06. The maximum absolute atomic E-state index is 11.8. The third-order valence-corrected chi connectivity index (χ3v) is 4.33. The molecule has 0 aromatic carbocycles. The lowest BCUT2D eigenvalue weighted by atomic mass is 9.82. The molecule has 2 heterocycles. The first-order valence-corrected chi connectivity index (χ1v) is 7.31. The number of amides is 2. The molecule has 1 aliphatic heterocycles. The number of urea groups is 1. The first-order chi connectivity index (χ1) is 9.50. The Morgan fingerprint density at radius 2 is 2.15 bits per heavy atom. The molecule has 1 fully saturated rings. The summed E-state index contributed by atoms with van der Waals surface area (Å²) >= 11 is 1.19. The topological polar surface area (TPSA) is 87.7 Å². The summed E-state index contributed by atoms with van der Waals surface area (Å²) in [5.41, 5.74) is 0.156. The summed E-state index contributed by atoms with van der Waals surface area (Å²) in [5.74, 6) is -1.04. The van der Waals surface area contributed by atoms with Gasteiger partial charge in [-0.15, -0.1) is 11.3 Å². The SMILES string of the molecule is CC1(CNC(=O)Nc2sccc2C(=O)O)CCOCC1. The van der Waals surface area contributed by atoms with Crippen molar-refractivity contribution in [1.82, 2.24) is 5.32 Å². The van der Waals surface area contributed by atoms with E-state index in [1.807, 2.05) is 0 Å². The quantitative estimate of drug-likeness (QED) is 0.796. The third kappa shape index (κ3) is 3.71. The van der Waals surface area contributed by atoms with Gasteiger partial charge in [-0.25, -0.2) is 9.59 Å². The highest BCUT2D eigenvalue weighted by Gasteiger charge is 2.27. The van der Waals surface area contributed by atoms with E-state index in [9.17, 15) is 9.59 Å². The second-order valence-corrected chi connectivity index (χ2v) is 6.12. The second-order valence-electron chi connectivity index (χ2n) is 5.20. The van der Waals surface area contributed by atoms with Crippen molar-refractivity contribution in [1.29, 1.82) is 0 Å². The minimum absolute atomic E-state index is 0.0423. The summed E-state index contributed by atoms with van der Waals surface area (Å²) in [6.07, 6.45) is 1.82. The van der Waals surface area contributed by atoms with E-state index in [1.54, 1.807) is 5.38 Å². The summed E-state index contributed by atoms with van der Waals surface area (Å²) in [6.45, 7) is 4.10. The summed E-state index contributed by atoms with van der Waals surface area (Å²) in [5, 5.41) is 16.3. The molecule has 3 N–H and O–H groups in total. The predicted octanol–water partition coefficient (Wildman–Crippen LogP) is 2.38. The Morgan fingerprint density at radius 3 is 2.80 bits per heavy atom. The predicted molar refractivity (Wildman–Crippen MR) is 76.5 cm³/mol. The Bertz CT molecular complexity index is 494. The summed E-state index contributed by atoms with van der Waals surface area (Å²) in [4.78, 5) is 22.8. The average Bonchev–Trinajstić information content (AvgIpc) is 2.86. The minimum Gasteiger partial charge on any atom is -0.478 e. The highest BCUT2D eigenvalue weighted by molar-refractivity contribution is 7.14. The van der Waals surface area contributed by atoms with Gasteiger partial charge in [-0.3, -0.25) is 5.32 Å². The van der Waals surface area contributed by atoms with Crippen LogP contribution in [0.1, 0.15) is 30.1 Å². The number of nitrogens with one attached hydrogen (secondary N) is 2. The van der Waals surface area contributed by atoms with Crippen molar-refractivity contribution >= 4 is 28.3 Å². The van der Waals surface area contributed by atoms with E-state index < -0.39 is 5.97 Å². The van der Waals surface area contributed by atoms with Crippen LogP contribution in [-0.2, 0) is 4.74 Å². The zero-order valence-corrected chi connectivity index (χ0v) is 12.1. The van der Waals surface area contributed by atoms with Crippen molar-refractivity contribution in [2.45, 2.75) is 19.8 Å². The molecule has 7 heteroatoms. The zero-order valence-electron chi connectivity index (χ0n) is 11.3. The van der Waals surface area contributed by atoms with Gasteiger partial charge in [0, 0.05) is 19.8 Å². The van der Waals surface area contributed by atoms with Crippen LogP contribution in [0.4, 0.5) is 9.80 Å². The van der Waals surface area contributed by atoms with Gasteiger partial charge >= 0.3 is 12.0 Å². The first-order valence-electron chi connectivity index (χ1n) is 6.44. The zero-order chi connectivity index (χ0) is 14.6. The number of anilines is 1. The monoisotopic (exact) mass is 298 g/mol. The molecule has 1 aliphatic rings. The van der Waals surface area contributed by atoms with Crippen LogP contribution in [0, 0.1) is 5.41 Å². The average molecular weight is 298 g/mol. The number of hydrogen-bond acceptors (Lipinski definition) is 4. The number of ether oxygens (including phenoxy) is 1. The van der Waals surface area contributed by atoms with Crippen LogP contribution in [0.2, 0.25) is 0 Å². The van der Waals surface area contributed by atoms with Gasteiger partial charge in [-0.05, 0) is 29.7 Å². The van der Waals surface area contributed by atoms with E-state index >= 15 is 0 Å².